The Labute approximate surface area is 174 Å². The number of aromatic nitrogens is 1. The number of ether oxygens (including phenoxy) is 1. The molecule has 0 bridgehead atoms. The zero-order valence-electron chi connectivity index (χ0n) is 17.0. The number of aryl methyl sites for hydroxylation is 1. The summed E-state index contributed by atoms with van der Waals surface area (Å²) in [4.78, 5) is 17.8. The van der Waals surface area contributed by atoms with Crippen LogP contribution in [0.1, 0.15) is 33.3 Å². The van der Waals surface area contributed by atoms with Crippen LogP contribution in [0.25, 0.3) is 0 Å². The van der Waals surface area contributed by atoms with E-state index in [1.165, 1.54) is 5.56 Å². The van der Waals surface area contributed by atoms with Crippen molar-refractivity contribution >= 4 is 36.0 Å². The maximum absolute atomic E-state index is 12.0. The van der Waals surface area contributed by atoms with E-state index in [4.69, 9.17) is 4.74 Å². The van der Waals surface area contributed by atoms with Crippen LogP contribution in [-0.2, 0) is 18.3 Å². The van der Waals surface area contributed by atoms with Crippen LogP contribution >= 0.6 is 24.0 Å². The van der Waals surface area contributed by atoms with Crippen molar-refractivity contribution in [2.45, 2.75) is 39.8 Å². The van der Waals surface area contributed by atoms with Gasteiger partial charge in [-0.2, -0.15) is 0 Å². The summed E-state index contributed by atoms with van der Waals surface area (Å²) in [5, 5.41) is 6.57. The van der Waals surface area contributed by atoms with Gasteiger partial charge in [0.1, 0.15) is 5.60 Å². The molecule has 7 nitrogen and oxygen atoms in total. The maximum atomic E-state index is 12.0. The average Bonchev–Trinajstić information content (AvgIpc) is 2.91. The van der Waals surface area contributed by atoms with Gasteiger partial charge in [0, 0.05) is 53.2 Å². The maximum Gasteiger partial charge on any atom is 0.410 e. The molecule has 0 aliphatic rings. The second-order valence-electron chi connectivity index (χ2n) is 7.46. The SMILES string of the molecule is CN=C(NCc1ccn(C)c1)NCC(C)CN(C)C(=O)OC(C)(C)C.I. The zero-order valence-corrected chi connectivity index (χ0v) is 19.3. The van der Waals surface area contributed by atoms with Gasteiger partial charge in [0.05, 0.1) is 0 Å². The topological polar surface area (TPSA) is 70.9 Å². The molecule has 1 aromatic heterocycles. The molecule has 1 heterocycles. The molecule has 0 fully saturated rings. The summed E-state index contributed by atoms with van der Waals surface area (Å²) < 4.78 is 7.38. The third-order valence-corrected chi connectivity index (χ3v) is 3.49. The van der Waals surface area contributed by atoms with Crippen LogP contribution in [0.3, 0.4) is 0 Å². The summed E-state index contributed by atoms with van der Waals surface area (Å²) in [6.45, 7) is 9.72. The van der Waals surface area contributed by atoms with Gasteiger partial charge in [0.25, 0.3) is 0 Å². The first-order valence-corrected chi connectivity index (χ1v) is 8.60. The molecule has 0 saturated heterocycles. The van der Waals surface area contributed by atoms with E-state index in [-0.39, 0.29) is 36.0 Å². The van der Waals surface area contributed by atoms with Crippen LogP contribution in [0, 0.1) is 5.92 Å². The number of hydrogen-bond donors (Lipinski definition) is 2. The first kappa shape index (κ1) is 24.6. The standard InChI is InChI=1S/C18H33N5O2.HI/c1-14(12-23(7)17(24)25-18(2,3)4)10-20-16(19-5)21-11-15-8-9-22(6)13-15;/h8-9,13-14H,10-12H2,1-7H3,(H2,19,20,21);1H. The number of amides is 1. The second kappa shape index (κ2) is 11.3. The molecule has 1 aromatic rings. The van der Waals surface area contributed by atoms with Crippen molar-refractivity contribution in [1.82, 2.24) is 20.1 Å². The third-order valence-electron chi connectivity index (χ3n) is 3.49. The van der Waals surface area contributed by atoms with Crippen molar-refractivity contribution < 1.29 is 9.53 Å². The van der Waals surface area contributed by atoms with Gasteiger partial charge in [-0.25, -0.2) is 4.79 Å². The van der Waals surface area contributed by atoms with Crippen molar-refractivity contribution in [3.05, 3.63) is 24.0 Å². The largest absolute Gasteiger partial charge is 0.444 e. The Morgan fingerprint density at radius 2 is 2.04 bits per heavy atom. The van der Waals surface area contributed by atoms with Gasteiger partial charge < -0.3 is 24.8 Å². The molecule has 1 amide bonds. The first-order valence-electron chi connectivity index (χ1n) is 8.60. The predicted octanol–water partition coefficient (Wildman–Crippen LogP) is 2.81. The van der Waals surface area contributed by atoms with Crippen LogP contribution in [0.4, 0.5) is 4.79 Å². The summed E-state index contributed by atoms with van der Waals surface area (Å²) in [6, 6.07) is 2.07. The Kier molecular flexibility index (Phi) is 10.7. The van der Waals surface area contributed by atoms with Gasteiger partial charge >= 0.3 is 6.09 Å². The molecular weight excluding hydrogens is 445 g/mol. The van der Waals surface area contributed by atoms with E-state index >= 15 is 0 Å². The molecule has 150 valence electrons. The number of halogens is 1. The Bertz CT molecular complexity index is 580. The summed E-state index contributed by atoms with van der Waals surface area (Å²) in [5.41, 5.74) is 0.721. The number of nitrogens with zero attached hydrogens (tertiary/aromatic N) is 3. The average molecular weight is 479 g/mol. The van der Waals surface area contributed by atoms with E-state index < -0.39 is 5.60 Å². The minimum atomic E-state index is -0.476. The monoisotopic (exact) mass is 479 g/mol. The van der Waals surface area contributed by atoms with Gasteiger partial charge in [-0.1, -0.05) is 6.92 Å². The normalized spacial score (nSPS) is 12.8. The van der Waals surface area contributed by atoms with Crippen LogP contribution in [0.15, 0.2) is 23.5 Å². The van der Waals surface area contributed by atoms with Crippen molar-refractivity contribution in [1.29, 1.82) is 0 Å². The number of hydrogen-bond acceptors (Lipinski definition) is 3. The fourth-order valence-electron chi connectivity index (χ4n) is 2.29. The van der Waals surface area contributed by atoms with Crippen molar-refractivity contribution in [3.8, 4) is 0 Å². The van der Waals surface area contributed by atoms with Crippen molar-refractivity contribution in [2.75, 3.05) is 27.2 Å². The summed E-state index contributed by atoms with van der Waals surface area (Å²) in [7, 11) is 5.50. The molecule has 0 aliphatic carbocycles. The number of rotatable bonds is 6. The smallest absolute Gasteiger partial charge is 0.410 e. The highest BCUT2D eigenvalue weighted by Crippen LogP contribution is 2.10. The van der Waals surface area contributed by atoms with Gasteiger partial charge in [0.15, 0.2) is 5.96 Å². The fourth-order valence-corrected chi connectivity index (χ4v) is 2.29. The van der Waals surface area contributed by atoms with Crippen LogP contribution in [0.5, 0.6) is 0 Å². The molecule has 0 aromatic carbocycles. The minimum Gasteiger partial charge on any atom is -0.444 e. The van der Waals surface area contributed by atoms with Crippen molar-refractivity contribution in [3.63, 3.8) is 0 Å². The number of carbonyl (C=O) groups excluding carboxylic acids is 1. The lowest BCUT2D eigenvalue weighted by molar-refractivity contribution is 0.0278. The number of aliphatic imine (C=N–C) groups is 1. The van der Waals surface area contributed by atoms with E-state index in [0.717, 1.165) is 5.96 Å². The van der Waals surface area contributed by atoms with Crippen LogP contribution < -0.4 is 10.6 Å². The second-order valence-corrected chi connectivity index (χ2v) is 7.46. The van der Waals surface area contributed by atoms with E-state index in [0.29, 0.717) is 19.6 Å². The summed E-state index contributed by atoms with van der Waals surface area (Å²) in [5.74, 6) is 1.00. The van der Waals surface area contributed by atoms with Crippen molar-refractivity contribution in [2.24, 2.45) is 18.0 Å². The predicted molar refractivity (Wildman–Crippen MR) is 117 cm³/mol. The molecule has 0 radical (unpaired) electrons. The molecule has 0 saturated carbocycles. The summed E-state index contributed by atoms with van der Waals surface area (Å²) >= 11 is 0. The molecule has 1 atom stereocenters. The van der Waals surface area contributed by atoms with E-state index in [1.807, 2.05) is 38.6 Å². The molecule has 1 unspecified atom stereocenters. The van der Waals surface area contributed by atoms with Gasteiger partial charge in [-0.15, -0.1) is 24.0 Å². The number of nitrogens with one attached hydrogen (secondary N) is 2. The van der Waals surface area contributed by atoms with E-state index in [1.54, 1.807) is 19.0 Å². The minimum absolute atomic E-state index is 0. The first-order chi connectivity index (χ1) is 11.6. The Morgan fingerprint density at radius 1 is 1.38 bits per heavy atom. The molecule has 0 aliphatic heterocycles. The lowest BCUT2D eigenvalue weighted by atomic mass is 10.1. The molecule has 2 N–H and O–H groups in total. The molecule has 8 heteroatoms. The Balaban J connectivity index is 0.00000625. The van der Waals surface area contributed by atoms with Gasteiger partial charge in [-0.05, 0) is 38.3 Å². The van der Waals surface area contributed by atoms with E-state index in [2.05, 4.69) is 34.8 Å². The lowest BCUT2D eigenvalue weighted by Gasteiger charge is -2.26. The Hall–Kier alpha value is -1.45. The zero-order chi connectivity index (χ0) is 19.0. The molecule has 0 spiro atoms. The lowest BCUT2D eigenvalue weighted by Crippen LogP contribution is -2.42. The Morgan fingerprint density at radius 3 is 2.54 bits per heavy atom. The third kappa shape index (κ3) is 9.88. The number of guanidine groups is 1. The molecular formula is C18H34IN5O2. The molecule has 26 heavy (non-hydrogen) atoms. The quantitative estimate of drug-likeness (QED) is 0.374. The van der Waals surface area contributed by atoms with E-state index in [9.17, 15) is 4.79 Å². The highest BCUT2D eigenvalue weighted by molar-refractivity contribution is 14.0. The van der Waals surface area contributed by atoms with Gasteiger partial charge in [0.2, 0.25) is 0 Å². The highest BCUT2D eigenvalue weighted by Gasteiger charge is 2.20. The number of carbonyl (C=O) groups is 1. The van der Waals surface area contributed by atoms with Gasteiger partial charge in [-0.3, -0.25) is 4.99 Å². The van der Waals surface area contributed by atoms with Crippen LogP contribution in [-0.4, -0.2) is 54.3 Å². The molecule has 1 rings (SSSR count). The fraction of sp³-hybridized carbons (Fsp3) is 0.667. The summed E-state index contributed by atoms with van der Waals surface area (Å²) in [6.07, 6.45) is 3.78. The van der Waals surface area contributed by atoms with Crippen LogP contribution in [0.2, 0.25) is 0 Å². The highest BCUT2D eigenvalue weighted by atomic mass is 127.